The second kappa shape index (κ2) is 9.84. The molecule has 164 valence electrons. The zero-order valence-corrected chi connectivity index (χ0v) is 17.1. The fourth-order valence-electron chi connectivity index (χ4n) is 2.71. The van der Waals surface area contributed by atoms with Crippen LogP contribution < -0.4 is 10.1 Å². The maximum atomic E-state index is 12.9. The van der Waals surface area contributed by atoms with Gasteiger partial charge >= 0.3 is 6.36 Å². The van der Waals surface area contributed by atoms with Gasteiger partial charge in [-0.1, -0.05) is 41.7 Å². The summed E-state index contributed by atoms with van der Waals surface area (Å²) in [7, 11) is 1.71. The molecule has 0 fully saturated rings. The van der Waals surface area contributed by atoms with Gasteiger partial charge in [-0.05, 0) is 30.8 Å². The summed E-state index contributed by atoms with van der Waals surface area (Å²) >= 11 is 1.08. The molecule has 0 aliphatic rings. The summed E-state index contributed by atoms with van der Waals surface area (Å²) in [5, 5.41) is 11.2. The van der Waals surface area contributed by atoms with Crippen LogP contribution in [0.1, 0.15) is 25.9 Å². The predicted molar refractivity (Wildman–Crippen MR) is 106 cm³/mol. The van der Waals surface area contributed by atoms with Crippen LogP contribution in [0.5, 0.6) is 5.75 Å². The highest BCUT2D eigenvalue weighted by Crippen LogP contribution is 2.27. The van der Waals surface area contributed by atoms with E-state index >= 15 is 0 Å². The molecule has 0 atom stereocenters. The van der Waals surface area contributed by atoms with Crippen LogP contribution in [0.3, 0.4) is 0 Å². The van der Waals surface area contributed by atoms with Crippen LogP contribution in [-0.2, 0) is 19.6 Å². The highest BCUT2D eigenvalue weighted by atomic mass is 32.1. The van der Waals surface area contributed by atoms with Gasteiger partial charge in [0.05, 0.1) is 6.54 Å². The van der Waals surface area contributed by atoms with E-state index in [1.54, 1.807) is 36.2 Å². The van der Waals surface area contributed by atoms with Crippen molar-refractivity contribution in [2.24, 2.45) is 0 Å². The maximum absolute atomic E-state index is 12.9. The molecular formula is C20H18F4N4O2S. The SMILES string of the molecule is CN(Cc1nnc(C(=O)NCc2ccc(F)cc2)s1)Cc1ccccc1OC(F)(F)F. The molecule has 0 unspecified atom stereocenters. The first kappa shape index (κ1) is 22.6. The normalized spacial score (nSPS) is 11.5. The van der Waals surface area contributed by atoms with Crippen molar-refractivity contribution >= 4 is 17.2 Å². The third-order valence-electron chi connectivity index (χ3n) is 4.07. The number of para-hydroxylation sites is 1. The minimum absolute atomic E-state index is 0.159. The molecule has 2 aromatic carbocycles. The summed E-state index contributed by atoms with van der Waals surface area (Å²) in [6, 6.07) is 11.6. The molecule has 31 heavy (non-hydrogen) atoms. The summed E-state index contributed by atoms with van der Waals surface area (Å²) in [5.74, 6) is -1.04. The third kappa shape index (κ3) is 7.00. The van der Waals surface area contributed by atoms with Crippen molar-refractivity contribution in [3.8, 4) is 5.75 Å². The van der Waals surface area contributed by atoms with E-state index in [9.17, 15) is 22.4 Å². The molecule has 0 saturated carbocycles. The molecule has 0 bridgehead atoms. The third-order valence-corrected chi connectivity index (χ3v) is 4.98. The molecule has 0 saturated heterocycles. The van der Waals surface area contributed by atoms with Crippen LogP contribution in [-0.4, -0.2) is 34.4 Å². The van der Waals surface area contributed by atoms with Gasteiger partial charge in [0.15, 0.2) is 0 Å². The topological polar surface area (TPSA) is 67.4 Å². The van der Waals surface area contributed by atoms with E-state index in [2.05, 4.69) is 20.3 Å². The van der Waals surface area contributed by atoms with Crippen LogP contribution in [0.25, 0.3) is 0 Å². The molecule has 3 rings (SSSR count). The zero-order valence-electron chi connectivity index (χ0n) is 16.3. The van der Waals surface area contributed by atoms with E-state index in [0.717, 1.165) is 16.9 Å². The molecule has 6 nitrogen and oxygen atoms in total. The number of carbonyl (C=O) groups is 1. The number of aromatic nitrogens is 2. The average molecular weight is 454 g/mol. The molecule has 0 radical (unpaired) electrons. The van der Waals surface area contributed by atoms with Crippen molar-refractivity contribution in [3.05, 3.63) is 75.5 Å². The van der Waals surface area contributed by atoms with Gasteiger partial charge in [-0.2, -0.15) is 0 Å². The van der Waals surface area contributed by atoms with Crippen LogP contribution in [0, 0.1) is 5.82 Å². The maximum Gasteiger partial charge on any atom is 0.573 e. The molecule has 0 aliphatic heterocycles. The summed E-state index contributed by atoms with van der Waals surface area (Å²) < 4.78 is 54.7. The van der Waals surface area contributed by atoms with Crippen LogP contribution >= 0.6 is 11.3 Å². The number of halogens is 4. The fourth-order valence-corrected chi connectivity index (χ4v) is 3.54. The number of nitrogens with one attached hydrogen (secondary N) is 1. The first-order valence-electron chi connectivity index (χ1n) is 9.07. The number of benzene rings is 2. The van der Waals surface area contributed by atoms with E-state index in [4.69, 9.17) is 0 Å². The number of rotatable bonds is 8. The summed E-state index contributed by atoms with van der Waals surface area (Å²) in [4.78, 5) is 14.0. The quantitative estimate of drug-likeness (QED) is 0.519. The first-order chi connectivity index (χ1) is 14.7. The van der Waals surface area contributed by atoms with E-state index in [0.29, 0.717) is 10.6 Å². The lowest BCUT2D eigenvalue weighted by Crippen LogP contribution is -2.22. The molecule has 1 heterocycles. The molecule has 1 N–H and O–H groups in total. The Hall–Kier alpha value is -3.05. The Labute approximate surface area is 179 Å². The van der Waals surface area contributed by atoms with Crippen LogP contribution in [0.2, 0.25) is 0 Å². The Morgan fingerprint density at radius 2 is 1.81 bits per heavy atom. The molecule has 0 spiro atoms. The van der Waals surface area contributed by atoms with Crippen molar-refractivity contribution in [2.45, 2.75) is 26.0 Å². The summed E-state index contributed by atoms with van der Waals surface area (Å²) in [6.07, 6.45) is -4.77. The number of hydrogen-bond acceptors (Lipinski definition) is 6. The Morgan fingerprint density at radius 3 is 2.52 bits per heavy atom. The predicted octanol–water partition coefficient (Wildman–Crippen LogP) is 4.14. The fraction of sp³-hybridized carbons (Fsp3) is 0.250. The summed E-state index contributed by atoms with van der Waals surface area (Å²) in [6.45, 7) is 0.672. The number of carbonyl (C=O) groups excluding carboxylic acids is 1. The second-order valence-electron chi connectivity index (χ2n) is 6.64. The van der Waals surface area contributed by atoms with Crippen molar-refractivity contribution in [1.29, 1.82) is 0 Å². The lowest BCUT2D eigenvalue weighted by molar-refractivity contribution is -0.275. The zero-order chi connectivity index (χ0) is 22.4. The van der Waals surface area contributed by atoms with Crippen LogP contribution in [0.15, 0.2) is 48.5 Å². The Morgan fingerprint density at radius 1 is 1.10 bits per heavy atom. The highest BCUT2D eigenvalue weighted by Gasteiger charge is 2.32. The van der Waals surface area contributed by atoms with Gasteiger partial charge in [0.25, 0.3) is 5.91 Å². The largest absolute Gasteiger partial charge is 0.573 e. The molecule has 3 aromatic rings. The first-order valence-corrected chi connectivity index (χ1v) is 9.88. The van der Waals surface area contributed by atoms with Crippen molar-refractivity contribution in [3.63, 3.8) is 0 Å². The van der Waals surface area contributed by atoms with Crippen molar-refractivity contribution in [2.75, 3.05) is 7.05 Å². The lowest BCUT2D eigenvalue weighted by atomic mass is 10.2. The van der Waals surface area contributed by atoms with Gasteiger partial charge in [0, 0.05) is 18.7 Å². The lowest BCUT2D eigenvalue weighted by Gasteiger charge is -2.18. The van der Waals surface area contributed by atoms with Crippen LogP contribution in [0.4, 0.5) is 17.6 Å². The van der Waals surface area contributed by atoms with Crippen molar-refractivity contribution < 1.29 is 27.1 Å². The van der Waals surface area contributed by atoms with Gasteiger partial charge in [0.2, 0.25) is 5.01 Å². The highest BCUT2D eigenvalue weighted by molar-refractivity contribution is 7.13. The Balaban J connectivity index is 1.56. The summed E-state index contributed by atoms with van der Waals surface area (Å²) in [5.41, 5.74) is 1.10. The van der Waals surface area contributed by atoms with Gasteiger partial charge in [-0.25, -0.2) is 4.39 Å². The Kier molecular flexibility index (Phi) is 7.18. The molecular weight excluding hydrogens is 436 g/mol. The number of amides is 1. The minimum atomic E-state index is -4.77. The van der Waals surface area contributed by atoms with Crippen molar-refractivity contribution in [1.82, 2.24) is 20.4 Å². The number of alkyl halides is 3. The molecule has 11 heteroatoms. The number of nitrogens with zero attached hydrogens (tertiary/aromatic N) is 3. The van der Waals surface area contributed by atoms with E-state index < -0.39 is 12.3 Å². The average Bonchev–Trinajstić information content (AvgIpc) is 3.16. The second-order valence-corrected chi connectivity index (χ2v) is 7.70. The molecule has 1 amide bonds. The number of ether oxygens (including phenoxy) is 1. The smallest absolute Gasteiger partial charge is 0.405 e. The van der Waals surface area contributed by atoms with Gasteiger partial charge < -0.3 is 10.1 Å². The van der Waals surface area contributed by atoms with E-state index in [1.807, 2.05) is 0 Å². The van der Waals surface area contributed by atoms with E-state index in [-0.39, 0.29) is 36.2 Å². The molecule has 1 aromatic heterocycles. The minimum Gasteiger partial charge on any atom is -0.405 e. The van der Waals surface area contributed by atoms with Gasteiger partial charge in [-0.15, -0.1) is 23.4 Å². The molecule has 0 aliphatic carbocycles. The number of hydrogen-bond donors (Lipinski definition) is 1. The monoisotopic (exact) mass is 454 g/mol. The standard InChI is InChI=1S/C20H18F4N4O2S/c1-28(11-14-4-2-3-5-16(14)30-20(22,23)24)12-17-26-27-19(31-17)18(29)25-10-13-6-8-15(21)9-7-13/h2-9H,10-12H2,1H3,(H,25,29). The van der Waals surface area contributed by atoms with E-state index in [1.165, 1.54) is 24.3 Å². The van der Waals surface area contributed by atoms with Gasteiger partial charge in [0.1, 0.15) is 16.6 Å². The Bertz CT molecular complexity index is 1020. The van der Waals surface area contributed by atoms with Gasteiger partial charge in [-0.3, -0.25) is 9.69 Å².